The van der Waals surface area contributed by atoms with Crippen molar-refractivity contribution in [1.29, 1.82) is 0 Å². The van der Waals surface area contributed by atoms with Crippen LogP contribution in [0.25, 0.3) is 28.2 Å². The minimum Gasteiger partial charge on any atom is -0.497 e. The third kappa shape index (κ3) is 3.43. The maximum Gasteiger partial charge on any atom is 0.246 e. The summed E-state index contributed by atoms with van der Waals surface area (Å²) in [6.07, 6.45) is 1.02. The molecule has 3 rings (SSSR count). The van der Waals surface area contributed by atoms with E-state index in [0.29, 0.717) is 23.1 Å². The van der Waals surface area contributed by atoms with Crippen LogP contribution in [-0.2, 0) is 0 Å². The van der Waals surface area contributed by atoms with Crippen LogP contribution in [0.2, 0.25) is 0 Å². The van der Waals surface area contributed by atoms with Gasteiger partial charge >= 0.3 is 0 Å². The summed E-state index contributed by atoms with van der Waals surface area (Å²) in [6.45, 7) is 5.54. The van der Waals surface area contributed by atoms with E-state index in [0.717, 1.165) is 22.4 Å². The molecule has 5 heteroatoms. The molecule has 0 spiro atoms. The molecular weight excluding hydrogens is 334 g/mol. The maximum atomic E-state index is 13.3. The van der Waals surface area contributed by atoms with E-state index in [4.69, 9.17) is 4.74 Å². The zero-order valence-corrected chi connectivity index (χ0v) is 14.7. The topological polar surface area (TPSA) is 35.0 Å². The summed E-state index contributed by atoms with van der Waals surface area (Å²) in [5.41, 5.74) is 4.27. The Morgan fingerprint density at radius 3 is 2.50 bits per heavy atom. The van der Waals surface area contributed by atoms with Crippen molar-refractivity contribution in [3.63, 3.8) is 0 Å². The zero-order chi connectivity index (χ0) is 18.7. The molecule has 0 saturated carbocycles. The Labute approximate surface area is 151 Å². The van der Waals surface area contributed by atoms with Crippen LogP contribution >= 0.6 is 0 Å². The Morgan fingerprint density at radius 2 is 1.92 bits per heavy atom. The zero-order valence-electron chi connectivity index (χ0n) is 14.7. The van der Waals surface area contributed by atoms with Crippen molar-refractivity contribution in [3.8, 4) is 16.9 Å². The van der Waals surface area contributed by atoms with Crippen LogP contribution in [0.4, 0.5) is 8.78 Å². The van der Waals surface area contributed by atoms with Gasteiger partial charge in [0.15, 0.2) is 0 Å². The maximum absolute atomic E-state index is 13.3. The van der Waals surface area contributed by atoms with Crippen molar-refractivity contribution >= 4 is 17.1 Å². The van der Waals surface area contributed by atoms with Crippen LogP contribution < -0.4 is 4.74 Å². The summed E-state index contributed by atoms with van der Waals surface area (Å²) < 4.78 is 31.7. The number of fused-ring (bicyclic) bond motifs is 1. The third-order valence-electron chi connectivity index (χ3n) is 4.45. The fourth-order valence-corrected chi connectivity index (χ4v) is 2.96. The number of hydrogen-bond acceptors (Lipinski definition) is 3. The lowest BCUT2D eigenvalue weighted by molar-refractivity contribution is 0.110. The van der Waals surface area contributed by atoms with Gasteiger partial charge in [-0.3, -0.25) is 4.98 Å². The number of aromatic nitrogens is 2. The third-order valence-corrected chi connectivity index (χ3v) is 4.45. The first-order valence-electron chi connectivity index (χ1n) is 8.43. The van der Waals surface area contributed by atoms with Crippen molar-refractivity contribution in [1.82, 2.24) is 9.97 Å². The molecule has 0 aliphatic rings. The van der Waals surface area contributed by atoms with Crippen LogP contribution in [0.5, 0.6) is 5.75 Å². The smallest absolute Gasteiger partial charge is 0.246 e. The second kappa shape index (κ2) is 7.60. The van der Waals surface area contributed by atoms with E-state index in [9.17, 15) is 8.78 Å². The van der Waals surface area contributed by atoms with Gasteiger partial charge in [0.05, 0.1) is 29.8 Å². The van der Waals surface area contributed by atoms with E-state index in [-0.39, 0.29) is 0 Å². The highest BCUT2D eigenvalue weighted by atomic mass is 19.3. The monoisotopic (exact) mass is 354 g/mol. The Balaban J connectivity index is 2.18. The standard InChI is InChI=1S/C21H20F2N2O/c1-4-13-10-17(14-6-8-15(26-3)9-7-14)20-18(11-13)25-19(12-24-20)16(5-2)21(22)23/h4,6-12,16,21H,1,5H2,2-3H3. The molecule has 0 fully saturated rings. The van der Waals surface area contributed by atoms with Gasteiger partial charge in [0.1, 0.15) is 5.75 Å². The van der Waals surface area contributed by atoms with Gasteiger partial charge in [-0.15, -0.1) is 0 Å². The molecule has 1 heterocycles. The van der Waals surface area contributed by atoms with Crippen LogP contribution in [-0.4, -0.2) is 23.5 Å². The predicted octanol–water partition coefficient (Wildman–Crippen LogP) is 5.71. The molecule has 134 valence electrons. The van der Waals surface area contributed by atoms with E-state index in [1.165, 1.54) is 6.20 Å². The number of methoxy groups -OCH3 is 1. The minimum atomic E-state index is -2.46. The molecule has 1 aromatic heterocycles. The second-order valence-corrected chi connectivity index (χ2v) is 6.01. The Hall–Kier alpha value is -2.82. The van der Waals surface area contributed by atoms with Crippen LogP contribution in [0.15, 0.2) is 49.2 Å². The first-order chi connectivity index (χ1) is 12.6. The molecule has 2 aromatic carbocycles. The number of hydrogen-bond donors (Lipinski definition) is 0. The summed E-state index contributed by atoms with van der Waals surface area (Å²) in [4.78, 5) is 8.95. The first-order valence-corrected chi connectivity index (χ1v) is 8.43. The molecule has 3 aromatic rings. The highest BCUT2D eigenvalue weighted by Crippen LogP contribution is 2.32. The summed E-state index contributed by atoms with van der Waals surface area (Å²) in [7, 11) is 1.61. The summed E-state index contributed by atoms with van der Waals surface area (Å²) in [5, 5.41) is 0. The second-order valence-electron chi connectivity index (χ2n) is 6.01. The number of alkyl halides is 2. The van der Waals surface area contributed by atoms with E-state index in [1.807, 2.05) is 36.4 Å². The largest absolute Gasteiger partial charge is 0.497 e. The van der Waals surface area contributed by atoms with Crippen LogP contribution in [0.3, 0.4) is 0 Å². The van der Waals surface area contributed by atoms with Crippen molar-refractivity contribution < 1.29 is 13.5 Å². The van der Waals surface area contributed by atoms with Gasteiger partial charge < -0.3 is 4.74 Å². The van der Waals surface area contributed by atoms with Crippen LogP contribution in [0, 0.1) is 0 Å². The van der Waals surface area contributed by atoms with E-state index >= 15 is 0 Å². The molecule has 0 aliphatic heterocycles. The Morgan fingerprint density at radius 1 is 1.19 bits per heavy atom. The predicted molar refractivity (Wildman–Crippen MR) is 101 cm³/mol. The number of rotatable bonds is 6. The molecule has 1 unspecified atom stereocenters. The number of benzene rings is 2. The summed E-state index contributed by atoms with van der Waals surface area (Å²) >= 11 is 0. The number of ether oxygens (including phenoxy) is 1. The van der Waals surface area contributed by atoms with E-state index in [1.54, 1.807) is 20.1 Å². The van der Waals surface area contributed by atoms with Crippen LogP contribution in [0.1, 0.15) is 30.5 Å². The normalized spacial score (nSPS) is 12.3. The number of halogens is 2. The molecule has 0 bridgehead atoms. The van der Waals surface area contributed by atoms with Crippen molar-refractivity contribution in [3.05, 3.63) is 60.4 Å². The van der Waals surface area contributed by atoms with E-state index < -0.39 is 12.3 Å². The molecule has 26 heavy (non-hydrogen) atoms. The fraction of sp³-hybridized carbons (Fsp3) is 0.238. The molecule has 3 nitrogen and oxygen atoms in total. The first kappa shape index (κ1) is 18.0. The molecule has 0 saturated heterocycles. The molecule has 0 aliphatic carbocycles. The quantitative estimate of drug-likeness (QED) is 0.569. The van der Waals surface area contributed by atoms with Gasteiger partial charge in [-0.25, -0.2) is 13.8 Å². The molecule has 0 amide bonds. The van der Waals surface area contributed by atoms with Gasteiger partial charge in [0.2, 0.25) is 6.43 Å². The molecular formula is C21H20F2N2O. The van der Waals surface area contributed by atoms with Gasteiger partial charge in [0.25, 0.3) is 0 Å². The average molecular weight is 354 g/mol. The number of nitrogens with zero attached hydrogens (tertiary/aromatic N) is 2. The molecule has 0 radical (unpaired) electrons. The summed E-state index contributed by atoms with van der Waals surface area (Å²) in [5.74, 6) is -0.155. The van der Waals surface area contributed by atoms with Crippen molar-refractivity contribution in [2.24, 2.45) is 0 Å². The highest BCUT2D eigenvalue weighted by Gasteiger charge is 2.23. The molecule has 0 N–H and O–H groups in total. The Bertz CT molecular complexity index is 923. The average Bonchev–Trinajstić information content (AvgIpc) is 2.67. The van der Waals surface area contributed by atoms with Crippen molar-refractivity contribution in [2.45, 2.75) is 25.7 Å². The van der Waals surface area contributed by atoms with E-state index in [2.05, 4.69) is 16.5 Å². The lowest BCUT2D eigenvalue weighted by Crippen LogP contribution is -2.10. The lowest BCUT2D eigenvalue weighted by atomic mass is 9.99. The van der Waals surface area contributed by atoms with Gasteiger partial charge in [-0.2, -0.15) is 0 Å². The molecule has 1 atom stereocenters. The lowest BCUT2D eigenvalue weighted by Gasteiger charge is -2.15. The minimum absolute atomic E-state index is 0.310. The van der Waals surface area contributed by atoms with Gasteiger partial charge in [0, 0.05) is 11.8 Å². The van der Waals surface area contributed by atoms with Gasteiger partial charge in [-0.1, -0.05) is 31.7 Å². The summed E-state index contributed by atoms with van der Waals surface area (Å²) in [6, 6.07) is 11.4. The SMILES string of the molecule is C=Cc1cc(-c2ccc(OC)cc2)c2ncc(C(CC)C(F)F)nc2c1. The Kier molecular flexibility index (Phi) is 5.26. The highest BCUT2D eigenvalue weighted by molar-refractivity contribution is 5.93. The van der Waals surface area contributed by atoms with Gasteiger partial charge in [-0.05, 0) is 41.8 Å². The van der Waals surface area contributed by atoms with Crippen molar-refractivity contribution in [2.75, 3.05) is 7.11 Å². The fourth-order valence-electron chi connectivity index (χ4n) is 2.96.